The maximum absolute atomic E-state index is 11.5. The molecule has 0 aliphatic rings. The standard InChI is InChI=1S/C9H15BrN2O2S2/c1-11-3-2-4-16(13,14)12-6-9-5-8(10)7-15-9/h5,7,11-12H,2-4,6H2,1H3. The van der Waals surface area contributed by atoms with Crippen molar-refractivity contribution in [1.29, 1.82) is 0 Å². The number of halogens is 1. The van der Waals surface area contributed by atoms with Crippen molar-refractivity contribution in [2.75, 3.05) is 19.3 Å². The van der Waals surface area contributed by atoms with Crippen LogP contribution in [0.1, 0.15) is 11.3 Å². The summed E-state index contributed by atoms with van der Waals surface area (Å²) < 4.78 is 26.6. The Morgan fingerprint density at radius 3 is 2.81 bits per heavy atom. The summed E-state index contributed by atoms with van der Waals surface area (Å²) >= 11 is 4.86. The molecule has 0 atom stereocenters. The highest BCUT2D eigenvalue weighted by atomic mass is 79.9. The number of nitrogens with one attached hydrogen (secondary N) is 2. The zero-order valence-electron chi connectivity index (χ0n) is 8.99. The van der Waals surface area contributed by atoms with E-state index >= 15 is 0 Å². The Morgan fingerprint density at radius 1 is 1.50 bits per heavy atom. The lowest BCUT2D eigenvalue weighted by atomic mass is 10.5. The Kier molecular flexibility index (Phi) is 5.91. The molecule has 1 heterocycles. The molecule has 16 heavy (non-hydrogen) atoms. The van der Waals surface area contributed by atoms with Gasteiger partial charge in [-0.3, -0.25) is 0 Å². The van der Waals surface area contributed by atoms with Crippen LogP contribution in [0.4, 0.5) is 0 Å². The maximum atomic E-state index is 11.5. The van der Waals surface area contributed by atoms with Crippen LogP contribution in [0.25, 0.3) is 0 Å². The third-order valence-corrected chi connectivity index (χ3v) is 5.04. The number of hydrogen-bond donors (Lipinski definition) is 2. The molecule has 2 N–H and O–H groups in total. The van der Waals surface area contributed by atoms with Gasteiger partial charge in [-0.05, 0) is 42.0 Å². The Bertz CT molecular complexity index is 417. The topological polar surface area (TPSA) is 58.2 Å². The molecular weight excluding hydrogens is 312 g/mol. The molecule has 7 heteroatoms. The van der Waals surface area contributed by atoms with Crippen molar-refractivity contribution in [3.05, 3.63) is 20.8 Å². The van der Waals surface area contributed by atoms with Crippen LogP contribution in [-0.2, 0) is 16.6 Å². The molecule has 0 aliphatic heterocycles. The lowest BCUT2D eigenvalue weighted by Gasteiger charge is -2.04. The molecule has 0 amide bonds. The van der Waals surface area contributed by atoms with Gasteiger partial charge in [-0.25, -0.2) is 13.1 Å². The first-order valence-corrected chi connectivity index (χ1v) is 8.21. The highest BCUT2D eigenvalue weighted by Crippen LogP contribution is 2.19. The van der Waals surface area contributed by atoms with Gasteiger partial charge >= 0.3 is 0 Å². The van der Waals surface area contributed by atoms with E-state index in [0.717, 1.165) is 9.35 Å². The average molecular weight is 327 g/mol. The first kappa shape index (κ1) is 14.1. The minimum Gasteiger partial charge on any atom is -0.320 e. The van der Waals surface area contributed by atoms with Crippen molar-refractivity contribution in [3.8, 4) is 0 Å². The molecule has 0 saturated heterocycles. The van der Waals surface area contributed by atoms with Gasteiger partial charge in [0.05, 0.1) is 5.75 Å². The van der Waals surface area contributed by atoms with Crippen molar-refractivity contribution in [2.24, 2.45) is 0 Å². The van der Waals surface area contributed by atoms with Gasteiger partial charge in [0.1, 0.15) is 0 Å². The molecule has 4 nitrogen and oxygen atoms in total. The van der Waals surface area contributed by atoms with E-state index in [1.165, 1.54) is 11.3 Å². The number of sulfonamides is 1. The summed E-state index contributed by atoms with van der Waals surface area (Å²) in [7, 11) is -1.33. The second-order valence-corrected chi connectivity index (χ2v) is 7.17. The molecule has 92 valence electrons. The molecule has 0 aliphatic carbocycles. The van der Waals surface area contributed by atoms with Crippen molar-refractivity contribution in [3.63, 3.8) is 0 Å². The lowest BCUT2D eigenvalue weighted by molar-refractivity contribution is 0.577. The van der Waals surface area contributed by atoms with E-state index in [2.05, 4.69) is 26.0 Å². The van der Waals surface area contributed by atoms with Gasteiger partial charge in [-0.15, -0.1) is 11.3 Å². The molecular formula is C9H15BrN2O2S2. The molecule has 0 saturated carbocycles. The Hall–Kier alpha value is 0.0500. The van der Waals surface area contributed by atoms with Crippen LogP contribution in [0.5, 0.6) is 0 Å². The van der Waals surface area contributed by atoms with Crippen LogP contribution in [0.15, 0.2) is 15.9 Å². The van der Waals surface area contributed by atoms with Gasteiger partial charge in [0.25, 0.3) is 0 Å². The summed E-state index contributed by atoms with van der Waals surface area (Å²) in [5.41, 5.74) is 0. The van der Waals surface area contributed by atoms with Crippen molar-refractivity contribution in [1.82, 2.24) is 10.0 Å². The van der Waals surface area contributed by atoms with E-state index < -0.39 is 10.0 Å². The van der Waals surface area contributed by atoms with E-state index in [0.29, 0.717) is 19.5 Å². The van der Waals surface area contributed by atoms with Gasteiger partial charge in [-0.2, -0.15) is 0 Å². The van der Waals surface area contributed by atoms with E-state index in [1.807, 2.05) is 18.5 Å². The van der Waals surface area contributed by atoms with Crippen LogP contribution in [0, 0.1) is 0 Å². The molecule has 0 radical (unpaired) electrons. The van der Waals surface area contributed by atoms with Gasteiger partial charge in [-0.1, -0.05) is 0 Å². The maximum Gasteiger partial charge on any atom is 0.211 e. The fourth-order valence-electron chi connectivity index (χ4n) is 1.14. The van der Waals surface area contributed by atoms with Crippen LogP contribution in [0.3, 0.4) is 0 Å². The third-order valence-electron chi connectivity index (χ3n) is 1.93. The second kappa shape index (κ2) is 6.70. The first-order valence-electron chi connectivity index (χ1n) is 4.88. The summed E-state index contributed by atoms with van der Waals surface area (Å²) in [6.07, 6.45) is 0.625. The van der Waals surface area contributed by atoms with Crippen molar-refractivity contribution in [2.45, 2.75) is 13.0 Å². The highest BCUT2D eigenvalue weighted by Gasteiger charge is 2.09. The van der Waals surface area contributed by atoms with Gasteiger partial charge in [0, 0.05) is 21.3 Å². The highest BCUT2D eigenvalue weighted by molar-refractivity contribution is 9.10. The first-order chi connectivity index (χ1) is 7.53. The fourth-order valence-corrected chi connectivity index (χ4v) is 3.66. The zero-order chi connectivity index (χ0) is 12.0. The number of thiophene rings is 1. The number of rotatable bonds is 7. The smallest absolute Gasteiger partial charge is 0.211 e. The summed E-state index contributed by atoms with van der Waals surface area (Å²) in [5.74, 6) is 0.167. The molecule has 0 bridgehead atoms. The molecule has 1 aromatic rings. The summed E-state index contributed by atoms with van der Waals surface area (Å²) in [5, 5.41) is 4.86. The van der Waals surface area contributed by atoms with E-state index in [-0.39, 0.29) is 5.75 Å². The van der Waals surface area contributed by atoms with Gasteiger partial charge < -0.3 is 5.32 Å². The van der Waals surface area contributed by atoms with E-state index in [1.54, 1.807) is 0 Å². The molecule has 0 unspecified atom stereocenters. The van der Waals surface area contributed by atoms with Crippen LogP contribution >= 0.6 is 27.3 Å². The summed E-state index contributed by atoms with van der Waals surface area (Å²) in [4.78, 5) is 1.00. The Labute approximate surface area is 109 Å². The molecule has 1 aromatic heterocycles. The SMILES string of the molecule is CNCCCS(=O)(=O)NCc1cc(Br)cs1. The largest absolute Gasteiger partial charge is 0.320 e. The fraction of sp³-hybridized carbons (Fsp3) is 0.556. The Balaban J connectivity index is 2.36. The van der Waals surface area contributed by atoms with Crippen LogP contribution in [0.2, 0.25) is 0 Å². The minimum absolute atomic E-state index is 0.167. The lowest BCUT2D eigenvalue weighted by Crippen LogP contribution is -2.27. The molecule has 0 spiro atoms. The monoisotopic (exact) mass is 326 g/mol. The predicted molar refractivity (Wildman–Crippen MR) is 71.2 cm³/mol. The molecule has 1 rings (SSSR count). The van der Waals surface area contributed by atoms with Crippen LogP contribution < -0.4 is 10.0 Å². The zero-order valence-corrected chi connectivity index (χ0v) is 12.2. The summed E-state index contributed by atoms with van der Waals surface area (Å²) in [6.45, 7) is 1.09. The van der Waals surface area contributed by atoms with Crippen LogP contribution in [-0.4, -0.2) is 27.8 Å². The van der Waals surface area contributed by atoms with Gasteiger partial charge in [0.2, 0.25) is 10.0 Å². The quantitative estimate of drug-likeness (QED) is 0.747. The van der Waals surface area contributed by atoms with Gasteiger partial charge in [0.15, 0.2) is 0 Å². The minimum atomic E-state index is -3.14. The van der Waals surface area contributed by atoms with E-state index in [4.69, 9.17) is 0 Å². The Morgan fingerprint density at radius 2 is 2.25 bits per heavy atom. The van der Waals surface area contributed by atoms with E-state index in [9.17, 15) is 8.42 Å². The third kappa shape index (κ3) is 5.40. The second-order valence-electron chi connectivity index (χ2n) is 3.33. The van der Waals surface area contributed by atoms with Crippen molar-refractivity contribution >= 4 is 37.3 Å². The normalized spacial score (nSPS) is 11.9. The summed E-state index contributed by atoms with van der Waals surface area (Å²) in [6, 6.07) is 1.92. The molecule has 0 aromatic carbocycles. The average Bonchev–Trinajstić information content (AvgIpc) is 2.62. The number of hydrogen-bond acceptors (Lipinski definition) is 4. The molecule has 0 fully saturated rings. The van der Waals surface area contributed by atoms with Crippen molar-refractivity contribution < 1.29 is 8.42 Å². The predicted octanol–water partition coefficient (Wildman–Crippen LogP) is 1.54.